The van der Waals surface area contributed by atoms with E-state index in [0.717, 1.165) is 35.7 Å². The van der Waals surface area contributed by atoms with Crippen LogP contribution in [0.3, 0.4) is 0 Å². The second-order valence-electron chi connectivity index (χ2n) is 5.99. The first-order chi connectivity index (χ1) is 11.1. The number of hydrogen-bond acceptors (Lipinski definition) is 3. The lowest BCUT2D eigenvalue weighted by atomic mass is 10.2. The van der Waals surface area contributed by atoms with Gasteiger partial charge < -0.3 is 14.8 Å². The molecule has 0 aliphatic rings. The van der Waals surface area contributed by atoms with Gasteiger partial charge in [0.2, 0.25) is 0 Å². The number of rotatable bonds is 8. The van der Waals surface area contributed by atoms with Crippen LogP contribution in [0.4, 0.5) is 5.69 Å². The van der Waals surface area contributed by atoms with Gasteiger partial charge in [-0.3, -0.25) is 0 Å². The smallest absolute Gasteiger partial charge is 0.124 e. The maximum Gasteiger partial charge on any atom is 0.124 e. The van der Waals surface area contributed by atoms with Crippen molar-refractivity contribution in [3.63, 3.8) is 0 Å². The van der Waals surface area contributed by atoms with Gasteiger partial charge in [0.05, 0.1) is 12.2 Å². The zero-order chi connectivity index (χ0) is 16.7. The second-order valence-corrected chi connectivity index (χ2v) is 5.99. The number of benzene rings is 2. The predicted octanol–water partition coefficient (Wildman–Crippen LogP) is 5.26. The molecule has 1 atom stereocenters. The van der Waals surface area contributed by atoms with Gasteiger partial charge in [-0.15, -0.1) is 0 Å². The van der Waals surface area contributed by atoms with Crippen molar-refractivity contribution in [3.05, 3.63) is 54.1 Å². The van der Waals surface area contributed by atoms with Crippen LogP contribution in [0, 0.1) is 0 Å². The minimum Gasteiger partial charge on any atom is -0.491 e. The maximum atomic E-state index is 5.87. The molecule has 0 bridgehead atoms. The van der Waals surface area contributed by atoms with Crippen molar-refractivity contribution >= 4 is 5.69 Å². The molecule has 0 aromatic heterocycles. The summed E-state index contributed by atoms with van der Waals surface area (Å²) in [7, 11) is 0. The van der Waals surface area contributed by atoms with Gasteiger partial charge >= 0.3 is 0 Å². The summed E-state index contributed by atoms with van der Waals surface area (Å²) in [6.07, 6.45) is 1.39. The first kappa shape index (κ1) is 17.2. The Bertz CT molecular complexity index is 610. The molecule has 0 spiro atoms. The highest BCUT2D eigenvalue weighted by Gasteiger charge is 2.06. The Balaban J connectivity index is 2.02. The molecule has 0 radical (unpaired) electrons. The molecule has 0 aliphatic heterocycles. The van der Waals surface area contributed by atoms with Crippen molar-refractivity contribution in [2.75, 3.05) is 5.32 Å². The highest BCUT2D eigenvalue weighted by Crippen LogP contribution is 2.23. The number of anilines is 1. The summed E-state index contributed by atoms with van der Waals surface area (Å²) in [5.41, 5.74) is 2.19. The Kier molecular flexibility index (Phi) is 6.33. The van der Waals surface area contributed by atoms with E-state index in [0.29, 0.717) is 0 Å². The molecule has 0 aliphatic carbocycles. The van der Waals surface area contributed by atoms with E-state index in [4.69, 9.17) is 9.47 Å². The van der Waals surface area contributed by atoms with Crippen molar-refractivity contribution in [2.45, 2.75) is 52.9 Å². The summed E-state index contributed by atoms with van der Waals surface area (Å²) < 4.78 is 11.7. The number of para-hydroxylation sites is 1. The van der Waals surface area contributed by atoms with Crippen LogP contribution in [0.15, 0.2) is 48.5 Å². The molecule has 0 heterocycles. The van der Waals surface area contributed by atoms with Crippen molar-refractivity contribution < 1.29 is 9.47 Å². The molecule has 124 valence electrons. The number of nitrogens with one attached hydrogen (secondary N) is 1. The molecular formula is C20H27NO2. The first-order valence-electron chi connectivity index (χ1n) is 8.33. The SMILES string of the molecule is CC[C@H](C)Oc1cccc(NCc2ccccc2OC(C)C)c1. The van der Waals surface area contributed by atoms with E-state index < -0.39 is 0 Å². The highest BCUT2D eigenvalue weighted by atomic mass is 16.5. The van der Waals surface area contributed by atoms with Gasteiger partial charge in [0, 0.05) is 23.9 Å². The minimum atomic E-state index is 0.170. The van der Waals surface area contributed by atoms with E-state index >= 15 is 0 Å². The summed E-state index contributed by atoms with van der Waals surface area (Å²) in [6.45, 7) is 9.01. The molecule has 0 unspecified atom stereocenters. The molecule has 3 heteroatoms. The van der Waals surface area contributed by atoms with Crippen LogP contribution in [-0.2, 0) is 6.54 Å². The molecule has 2 rings (SSSR count). The van der Waals surface area contributed by atoms with Gasteiger partial charge in [-0.25, -0.2) is 0 Å². The largest absolute Gasteiger partial charge is 0.491 e. The Hall–Kier alpha value is -2.16. The molecule has 23 heavy (non-hydrogen) atoms. The van der Waals surface area contributed by atoms with Crippen molar-refractivity contribution in [3.8, 4) is 11.5 Å². The summed E-state index contributed by atoms with van der Waals surface area (Å²) in [4.78, 5) is 0. The van der Waals surface area contributed by atoms with Crippen LogP contribution in [0.1, 0.15) is 39.7 Å². The average molecular weight is 313 g/mol. The maximum absolute atomic E-state index is 5.87. The zero-order valence-electron chi connectivity index (χ0n) is 14.5. The molecule has 0 saturated carbocycles. The lowest BCUT2D eigenvalue weighted by molar-refractivity contribution is 0.217. The average Bonchev–Trinajstić information content (AvgIpc) is 2.54. The third-order valence-corrected chi connectivity index (χ3v) is 3.56. The van der Waals surface area contributed by atoms with Crippen molar-refractivity contribution in [2.24, 2.45) is 0 Å². The Labute approximate surface area is 139 Å². The third-order valence-electron chi connectivity index (χ3n) is 3.56. The summed E-state index contributed by atoms with van der Waals surface area (Å²) in [6, 6.07) is 16.2. The zero-order valence-corrected chi connectivity index (χ0v) is 14.5. The summed E-state index contributed by atoms with van der Waals surface area (Å²) in [5, 5.41) is 3.45. The van der Waals surface area contributed by atoms with Crippen LogP contribution in [-0.4, -0.2) is 12.2 Å². The number of ether oxygens (including phenoxy) is 2. The van der Waals surface area contributed by atoms with Gasteiger partial charge in [-0.1, -0.05) is 31.2 Å². The second kappa shape index (κ2) is 8.47. The first-order valence-corrected chi connectivity index (χ1v) is 8.33. The standard InChI is InChI=1S/C20H27NO2/c1-5-16(4)23-19-11-8-10-18(13-19)21-14-17-9-6-7-12-20(17)22-15(2)3/h6-13,15-16,21H,5,14H2,1-4H3/t16-/m0/s1. The van der Waals surface area contributed by atoms with Gasteiger partial charge in [-0.05, 0) is 45.4 Å². The molecule has 2 aromatic carbocycles. The Morgan fingerprint density at radius 3 is 2.48 bits per heavy atom. The van der Waals surface area contributed by atoms with Gasteiger partial charge in [0.25, 0.3) is 0 Å². The number of hydrogen-bond donors (Lipinski definition) is 1. The van der Waals surface area contributed by atoms with E-state index in [1.54, 1.807) is 0 Å². The van der Waals surface area contributed by atoms with Crippen LogP contribution < -0.4 is 14.8 Å². The van der Waals surface area contributed by atoms with E-state index in [1.165, 1.54) is 0 Å². The lowest BCUT2D eigenvalue weighted by Gasteiger charge is -2.16. The quantitative estimate of drug-likeness (QED) is 0.720. The monoisotopic (exact) mass is 313 g/mol. The lowest BCUT2D eigenvalue weighted by Crippen LogP contribution is -2.10. The van der Waals surface area contributed by atoms with E-state index in [1.807, 2.05) is 50.2 Å². The van der Waals surface area contributed by atoms with Gasteiger partial charge in [0.15, 0.2) is 0 Å². The highest BCUT2D eigenvalue weighted by molar-refractivity contribution is 5.49. The minimum absolute atomic E-state index is 0.170. The molecular weight excluding hydrogens is 286 g/mol. The summed E-state index contributed by atoms with van der Waals surface area (Å²) >= 11 is 0. The van der Waals surface area contributed by atoms with E-state index in [2.05, 4.69) is 31.3 Å². The van der Waals surface area contributed by atoms with Gasteiger partial charge in [0.1, 0.15) is 11.5 Å². The summed E-state index contributed by atoms with van der Waals surface area (Å²) in [5.74, 6) is 1.83. The fourth-order valence-electron chi connectivity index (χ4n) is 2.21. The van der Waals surface area contributed by atoms with Crippen LogP contribution in [0.2, 0.25) is 0 Å². The van der Waals surface area contributed by atoms with Crippen LogP contribution in [0.5, 0.6) is 11.5 Å². The Morgan fingerprint density at radius 2 is 1.74 bits per heavy atom. The van der Waals surface area contributed by atoms with Gasteiger partial charge in [-0.2, -0.15) is 0 Å². The van der Waals surface area contributed by atoms with E-state index in [9.17, 15) is 0 Å². The van der Waals surface area contributed by atoms with Crippen LogP contribution >= 0.6 is 0 Å². The van der Waals surface area contributed by atoms with Crippen molar-refractivity contribution in [1.29, 1.82) is 0 Å². The molecule has 3 nitrogen and oxygen atoms in total. The fraction of sp³-hybridized carbons (Fsp3) is 0.400. The molecule has 0 fully saturated rings. The van der Waals surface area contributed by atoms with E-state index in [-0.39, 0.29) is 12.2 Å². The molecule has 0 saturated heterocycles. The topological polar surface area (TPSA) is 30.5 Å². The normalized spacial score (nSPS) is 12.0. The third kappa shape index (κ3) is 5.51. The molecule has 0 amide bonds. The fourth-order valence-corrected chi connectivity index (χ4v) is 2.21. The van der Waals surface area contributed by atoms with Crippen LogP contribution in [0.25, 0.3) is 0 Å². The Morgan fingerprint density at radius 1 is 0.957 bits per heavy atom. The van der Waals surface area contributed by atoms with Crippen molar-refractivity contribution in [1.82, 2.24) is 0 Å². The molecule has 1 N–H and O–H groups in total. The molecule has 2 aromatic rings. The predicted molar refractivity (Wildman–Crippen MR) is 96.4 cm³/mol.